The van der Waals surface area contributed by atoms with Crippen molar-refractivity contribution in [2.45, 2.75) is 37.5 Å². The van der Waals surface area contributed by atoms with E-state index in [-0.39, 0.29) is 31.0 Å². The molecule has 0 atom stereocenters. The maximum absolute atomic E-state index is 13.2. The fourth-order valence-corrected chi connectivity index (χ4v) is 4.55. The average Bonchev–Trinajstić information content (AvgIpc) is 3.29. The summed E-state index contributed by atoms with van der Waals surface area (Å²) in [6.45, 7) is 3.88. The Morgan fingerprint density at radius 2 is 1.72 bits per heavy atom. The number of halogens is 3. The molecule has 7 nitrogen and oxygen atoms in total. The second kappa shape index (κ2) is 9.73. The van der Waals surface area contributed by atoms with Gasteiger partial charge in [0.2, 0.25) is 6.79 Å². The molecule has 1 aliphatic heterocycles. The Morgan fingerprint density at radius 3 is 2.44 bits per heavy atom. The van der Waals surface area contributed by atoms with Gasteiger partial charge in [-0.15, -0.1) is 0 Å². The normalized spacial score (nSPS) is 13.1. The van der Waals surface area contributed by atoms with E-state index in [2.05, 4.69) is 0 Å². The van der Waals surface area contributed by atoms with Crippen LogP contribution in [0.4, 0.5) is 13.2 Å². The topological polar surface area (TPSA) is 82.1 Å². The smallest absolute Gasteiger partial charge is 0.416 e. The highest BCUT2D eigenvalue weighted by Crippen LogP contribution is 2.34. The maximum Gasteiger partial charge on any atom is 0.416 e. The molecule has 0 saturated heterocycles. The number of hydrogen-bond donors (Lipinski definition) is 0. The molecule has 190 valence electrons. The third-order valence-electron chi connectivity index (χ3n) is 5.41. The Hall–Kier alpha value is -3.73. The summed E-state index contributed by atoms with van der Waals surface area (Å²) in [6.07, 6.45) is -4.70. The maximum atomic E-state index is 13.2. The van der Waals surface area contributed by atoms with Crippen molar-refractivity contribution in [3.63, 3.8) is 0 Å². The molecule has 0 bridgehead atoms. The van der Waals surface area contributed by atoms with Crippen LogP contribution >= 0.6 is 0 Å². The van der Waals surface area contributed by atoms with Gasteiger partial charge >= 0.3 is 16.3 Å². The minimum atomic E-state index is -4.70. The van der Waals surface area contributed by atoms with E-state index < -0.39 is 26.8 Å². The summed E-state index contributed by atoms with van der Waals surface area (Å²) in [5.41, 5.74) is -0.141. The van der Waals surface area contributed by atoms with E-state index in [1.807, 2.05) is 13.8 Å². The first-order valence-electron chi connectivity index (χ1n) is 10.9. The summed E-state index contributed by atoms with van der Waals surface area (Å²) in [7, 11) is -4.53. The number of fused-ring (bicyclic) bond motifs is 1. The van der Waals surface area contributed by atoms with E-state index >= 15 is 0 Å². The van der Waals surface area contributed by atoms with Crippen LogP contribution in [0.15, 0.2) is 71.6 Å². The van der Waals surface area contributed by atoms with Crippen molar-refractivity contribution >= 4 is 16.0 Å². The van der Waals surface area contributed by atoms with E-state index in [0.717, 1.165) is 18.2 Å². The van der Waals surface area contributed by atoms with Crippen LogP contribution < -0.4 is 13.7 Å². The third-order valence-corrected chi connectivity index (χ3v) is 6.65. The SMILES string of the molecule is CC(C)N(Cc1cccc(OS(=O)(=O)c2cccc(C(F)(F)F)c2)c1)C(=O)c1ccc2c(c1)OCO2. The molecular weight excluding hydrogens is 499 g/mol. The van der Waals surface area contributed by atoms with Crippen molar-refractivity contribution in [1.82, 2.24) is 4.90 Å². The molecule has 0 spiro atoms. The molecule has 1 amide bonds. The van der Waals surface area contributed by atoms with Crippen molar-refractivity contribution in [2.75, 3.05) is 6.79 Å². The highest BCUT2D eigenvalue weighted by Gasteiger charge is 2.32. The monoisotopic (exact) mass is 521 g/mol. The van der Waals surface area contributed by atoms with Crippen molar-refractivity contribution in [3.05, 3.63) is 83.4 Å². The summed E-state index contributed by atoms with van der Waals surface area (Å²) >= 11 is 0. The largest absolute Gasteiger partial charge is 0.454 e. The van der Waals surface area contributed by atoms with Crippen LogP contribution in [0, 0.1) is 0 Å². The van der Waals surface area contributed by atoms with Crippen LogP contribution in [0.25, 0.3) is 0 Å². The van der Waals surface area contributed by atoms with Gasteiger partial charge in [-0.3, -0.25) is 4.79 Å². The second-order valence-electron chi connectivity index (χ2n) is 8.31. The predicted molar refractivity (Wildman–Crippen MR) is 123 cm³/mol. The number of benzene rings is 3. The van der Waals surface area contributed by atoms with Crippen LogP contribution in [0.2, 0.25) is 0 Å². The molecule has 0 unspecified atom stereocenters. The molecule has 1 heterocycles. The molecule has 0 radical (unpaired) electrons. The minimum Gasteiger partial charge on any atom is -0.454 e. The molecule has 0 fully saturated rings. The Balaban J connectivity index is 1.54. The predicted octanol–water partition coefficient (Wildman–Crippen LogP) is 5.25. The number of ether oxygens (including phenoxy) is 2. The number of carbonyl (C=O) groups is 1. The molecule has 0 N–H and O–H groups in total. The third kappa shape index (κ3) is 5.56. The van der Waals surface area contributed by atoms with Gasteiger partial charge in [-0.05, 0) is 67.9 Å². The van der Waals surface area contributed by atoms with Crippen molar-refractivity contribution in [3.8, 4) is 17.2 Å². The van der Waals surface area contributed by atoms with E-state index in [1.165, 1.54) is 18.2 Å². The zero-order valence-corrected chi connectivity index (χ0v) is 20.1. The van der Waals surface area contributed by atoms with Crippen LogP contribution in [0.5, 0.6) is 17.2 Å². The molecule has 3 aromatic carbocycles. The van der Waals surface area contributed by atoms with Gasteiger partial charge in [0.15, 0.2) is 11.5 Å². The molecule has 3 aromatic rings. The number of carbonyl (C=O) groups excluding carboxylic acids is 1. The molecule has 36 heavy (non-hydrogen) atoms. The Bertz CT molecular complexity index is 1390. The number of rotatable bonds is 7. The lowest BCUT2D eigenvalue weighted by atomic mass is 10.1. The van der Waals surface area contributed by atoms with E-state index in [1.54, 1.807) is 29.2 Å². The fraction of sp³-hybridized carbons (Fsp3) is 0.240. The molecule has 11 heteroatoms. The number of amides is 1. The van der Waals surface area contributed by atoms with Gasteiger partial charge in [0.25, 0.3) is 5.91 Å². The molecule has 4 rings (SSSR count). The van der Waals surface area contributed by atoms with E-state index in [4.69, 9.17) is 13.7 Å². The van der Waals surface area contributed by atoms with Crippen molar-refractivity contribution in [1.29, 1.82) is 0 Å². The Kier molecular flexibility index (Phi) is 6.85. The van der Waals surface area contributed by atoms with Crippen LogP contribution in [-0.2, 0) is 22.8 Å². The second-order valence-corrected chi connectivity index (χ2v) is 9.85. The van der Waals surface area contributed by atoms with Gasteiger partial charge in [-0.25, -0.2) is 0 Å². The lowest BCUT2D eigenvalue weighted by molar-refractivity contribution is -0.137. The van der Waals surface area contributed by atoms with Crippen LogP contribution in [-0.4, -0.2) is 32.1 Å². The lowest BCUT2D eigenvalue weighted by Gasteiger charge is -2.27. The standard InChI is InChI=1S/C25H22F3NO6S/c1-16(2)29(24(30)18-9-10-22-23(12-18)34-15-33-22)14-17-5-3-7-20(11-17)35-36(31,32)21-8-4-6-19(13-21)25(26,27)28/h3-13,16H,14-15H2,1-2H3. The van der Waals surface area contributed by atoms with Crippen molar-refractivity contribution < 1.29 is 40.0 Å². The molecule has 0 saturated carbocycles. The van der Waals surface area contributed by atoms with Gasteiger partial charge in [0, 0.05) is 18.2 Å². The zero-order chi connectivity index (χ0) is 26.1. The summed E-state index contributed by atoms with van der Waals surface area (Å²) in [4.78, 5) is 14.2. The molecule has 0 aromatic heterocycles. The summed E-state index contributed by atoms with van der Waals surface area (Å²) in [5, 5.41) is 0. The Morgan fingerprint density at radius 1 is 1.00 bits per heavy atom. The number of hydrogen-bond acceptors (Lipinski definition) is 6. The van der Waals surface area contributed by atoms with Gasteiger partial charge in [0.05, 0.1) is 5.56 Å². The quantitative estimate of drug-likeness (QED) is 0.395. The van der Waals surface area contributed by atoms with Gasteiger partial charge < -0.3 is 18.6 Å². The van der Waals surface area contributed by atoms with Crippen LogP contribution in [0.1, 0.15) is 35.3 Å². The van der Waals surface area contributed by atoms with Gasteiger partial charge in [-0.2, -0.15) is 21.6 Å². The van der Waals surface area contributed by atoms with Gasteiger partial charge in [-0.1, -0.05) is 18.2 Å². The highest BCUT2D eigenvalue weighted by atomic mass is 32.2. The minimum absolute atomic E-state index is 0.0804. The number of alkyl halides is 3. The van der Waals surface area contributed by atoms with Gasteiger partial charge in [0.1, 0.15) is 10.6 Å². The first-order chi connectivity index (χ1) is 16.9. The highest BCUT2D eigenvalue weighted by molar-refractivity contribution is 7.87. The first kappa shape index (κ1) is 25.4. The average molecular weight is 522 g/mol. The Labute approximate surface area is 206 Å². The molecule has 0 aliphatic carbocycles. The molecular formula is C25H22F3NO6S. The van der Waals surface area contributed by atoms with Crippen LogP contribution in [0.3, 0.4) is 0 Å². The zero-order valence-electron chi connectivity index (χ0n) is 19.3. The first-order valence-corrected chi connectivity index (χ1v) is 12.3. The lowest BCUT2D eigenvalue weighted by Crippen LogP contribution is -2.36. The fourth-order valence-electron chi connectivity index (χ4n) is 3.58. The van der Waals surface area contributed by atoms with Crippen molar-refractivity contribution in [2.24, 2.45) is 0 Å². The van der Waals surface area contributed by atoms with E-state index in [9.17, 15) is 26.4 Å². The summed E-state index contributed by atoms with van der Waals surface area (Å²) < 4.78 is 80.0. The summed E-state index contributed by atoms with van der Waals surface area (Å²) in [5.74, 6) is 0.657. The summed E-state index contributed by atoms with van der Waals surface area (Å²) in [6, 6.07) is 14.0. The van der Waals surface area contributed by atoms with E-state index in [0.29, 0.717) is 28.7 Å². The number of nitrogens with zero attached hydrogens (tertiary/aromatic N) is 1. The molecule has 1 aliphatic rings.